The largest absolute Gasteiger partial charge is 0.462 e. The van der Waals surface area contributed by atoms with Crippen LogP contribution in [0.2, 0.25) is 0 Å². The van der Waals surface area contributed by atoms with Crippen LogP contribution in [0.4, 0.5) is 10.5 Å². The van der Waals surface area contributed by atoms with E-state index in [0.717, 1.165) is 12.8 Å². The quantitative estimate of drug-likeness (QED) is 0.545. The molecule has 1 heterocycles. The molecule has 1 aromatic rings. The van der Waals surface area contributed by atoms with Gasteiger partial charge in [0.15, 0.2) is 0 Å². The minimum Gasteiger partial charge on any atom is -0.462 e. The number of carbonyl (C=O) groups is 3. The lowest BCUT2D eigenvalue weighted by Gasteiger charge is -2.38. The first-order chi connectivity index (χ1) is 14.0. The maximum absolute atomic E-state index is 12.7. The van der Waals surface area contributed by atoms with E-state index < -0.39 is 5.97 Å². The molecule has 1 aliphatic rings. The van der Waals surface area contributed by atoms with Crippen molar-refractivity contribution >= 4 is 23.6 Å². The van der Waals surface area contributed by atoms with Gasteiger partial charge in [-0.25, -0.2) is 9.59 Å². The molecule has 2 atom stereocenters. The van der Waals surface area contributed by atoms with Crippen LogP contribution in [0.5, 0.6) is 0 Å². The molecule has 2 rings (SSSR count). The van der Waals surface area contributed by atoms with Crippen molar-refractivity contribution in [2.24, 2.45) is 11.8 Å². The number of rotatable bonds is 7. The number of hydrogen-bond acceptors (Lipinski definition) is 4. The minimum absolute atomic E-state index is 0.0416. The fourth-order valence-corrected chi connectivity index (χ4v) is 3.60. The molecule has 1 aromatic carbocycles. The van der Waals surface area contributed by atoms with Gasteiger partial charge in [0.05, 0.1) is 18.7 Å². The maximum Gasteiger partial charge on any atom is 0.338 e. The summed E-state index contributed by atoms with van der Waals surface area (Å²) in [5, 5.41) is 5.56. The molecule has 0 saturated carbocycles. The topological polar surface area (TPSA) is 87.7 Å². The summed E-state index contributed by atoms with van der Waals surface area (Å²) in [5.74, 6) is 2.42. The molecule has 156 valence electrons. The van der Waals surface area contributed by atoms with Gasteiger partial charge in [0, 0.05) is 25.2 Å². The summed E-state index contributed by atoms with van der Waals surface area (Å²) in [6.07, 6.45) is 7.25. The molecular formula is C22H29N3O4. The van der Waals surface area contributed by atoms with E-state index in [2.05, 4.69) is 23.5 Å². The molecule has 0 radical (unpaired) electrons. The summed E-state index contributed by atoms with van der Waals surface area (Å²) in [4.78, 5) is 38.3. The summed E-state index contributed by atoms with van der Waals surface area (Å²) >= 11 is 0. The molecule has 7 nitrogen and oxygen atoms in total. The highest BCUT2D eigenvalue weighted by Gasteiger charge is 2.31. The number of anilines is 1. The molecule has 1 aliphatic heterocycles. The molecule has 29 heavy (non-hydrogen) atoms. The number of carbonyl (C=O) groups excluding carboxylic acids is 3. The van der Waals surface area contributed by atoms with Gasteiger partial charge < -0.3 is 20.3 Å². The number of benzene rings is 1. The van der Waals surface area contributed by atoms with Crippen LogP contribution >= 0.6 is 0 Å². The van der Waals surface area contributed by atoms with Gasteiger partial charge in [0.2, 0.25) is 5.91 Å². The molecule has 0 spiro atoms. The normalized spacial score (nSPS) is 18.4. The number of hydrogen-bond donors (Lipinski definition) is 2. The third kappa shape index (κ3) is 6.53. The van der Waals surface area contributed by atoms with Crippen molar-refractivity contribution in [3.05, 3.63) is 29.8 Å². The number of nitrogens with zero attached hydrogens (tertiary/aromatic N) is 1. The van der Waals surface area contributed by atoms with Crippen LogP contribution in [0, 0.1) is 24.2 Å². The van der Waals surface area contributed by atoms with E-state index in [9.17, 15) is 14.4 Å². The van der Waals surface area contributed by atoms with Crippen LogP contribution < -0.4 is 10.6 Å². The average Bonchev–Trinajstić information content (AvgIpc) is 2.72. The second-order valence-corrected chi connectivity index (χ2v) is 7.08. The molecule has 1 fully saturated rings. The lowest BCUT2D eigenvalue weighted by molar-refractivity contribution is -0.122. The third-order valence-corrected chi connectivity index (χ3v) is 5.16. The van der Waals surface area contributed by atoms with Crippen molar-refractivity contribution in [1.29, 1.82) is 0 Å². The molecule has 3 amide bonds. The Kier molecular flexibility index (Phi) is 8.53. The zero-order valence-corrected chi connectivity index (χ0v) is 17.1. The summed E-state index contributed by atoms with van der Waals surface area (Å²) in [6.45, 7) is 5.52. The second kappa shape index (κ2) is 11.1. The summed E-state index contributed by atoms with van der Waals surface area (Å²) in [7, 11) is 0. The van der Waals surface area contributed by atoms with Gasteiger partial charge in [0.1, 0.15) is 0 Å². The summed E-state index contributed by atoms with van der Waals surface area (Å²) in [6, 6.07) is 6.49. The van der Waals surface area contributed by atoms with E-state index in [4.69, 9.17) is 11.2 Å². The van der Waals surface area contributed by atoms with Gasteiger partial charge in [-0.15, -0.1) is 6.42 Å². The smallest absolute Gasteiger partial charge is 0.338 e. The zero-order valence-electron chi connectivity index (χ0n) is 17.1. The Balaban J connectivity index is 1.94. The van der Waals surface area contributed by atoms with Crippen LogP contribution in [0.25, 0.3) is 0 Å². The average molecular weight is 399 g/mol. The molecular weight excluding hydrogens is 370 g/mol. The van der Waals surface area contributed by atoms with Crippen molar-refractivity contribution in [2.75, 3.05) is 31.6 Å². The summed E-state index contributed by atoms with van der Waals surface area (Å²) in [5.41, 5.74) is 0.942. The number of piperidine rings is 1. The van der Waals surface area contributed by atoms with Crippen molar-refractivity contribution in [2.45, 2.75) is 33.1 Å². The van der Waals surface area contributed by atoms with Gasteiger partial charge in [-0.05, 0) is 43.4 Å². The Bertz CT molecular complexity index is 772. The lowest BCUT2D eigenvalue weighted by Crippen LogP contribution is -2.46. The van der Waals surface area contributed by atoms with Crippen LogP contribution in [0.15, 0.2) is 24.3 Å². The highest BCUT2D eigenvalue weighted by Crippen LogP contribution is 2.29. The molecule has 2 unspecified atom stereocenters. The van der Waals surface area contributed by atoms with Crippen molar-refractivity contribution in [3.63, 3.8) is 0 Å². The van der Waals surface area contributed by atoms with Crippen LogP contribution in [0.1, 0.15) is 43.5 Å². The Hall–Kier alpha value is -3.01. The number of nitrogens with one attached hydrogen (secondary N) is 2. The molecule has 2 N–H and O–H groups in total. The molecule has 0 aliphatic carbocycles. The lowest BCUT2D eigenvalue weighted by atomic mass is 9.81. The molecule has 7 heteroatoms. The number of likely N-dealkylation sites (tertiary alicyclic amines) is 1. The molecule has 0 aromatic heterocycles. The fourth-order valence-electron chi connectivity index (χ4n) is 3.60. The molecule has 0 bridgehead atoms. The number of ether oxygens (including phenoxy) is 1. The van der Waals surface area contributed by atoms with E-state index in [1.54, 1.807) is 36.1 Å². The van der Waals surface area contributed by atoms with Crippen molar-refractivity contribution < 1.29 is 19.1 Å². The second-order valence-electron chi connectivity index (χ2n) is 7.08. The fraction of sp³-hybridized carbons (Fsp3) is 0.500. The SMILES string of the molecule is C#CCNC(=O)CC1CCN(C(=O)Nc2cccc(C(=O)OCC)c2)CC1CC. The first kappa shape index (κ1) is 22.3. The number of esters is 1. The first-order valence-corrected chi connectivity index (χ1v) is 10.0. The number of terminal acetylenes is 1. The Morgan fingerprint density at radius 3 is 2.76 bits per heavy atom. The van der Waals surface area contributed by atoms with Crippen molar-refractivity contribution in [3.8, 4) is 12.3 Å². The third-order valence-electron chi connectivity index (χ3n) is 5.16. The van der Waals surface area contributed by atoms with Crippen LogP contribution in [-0.2, 0) is 9.53 Å². The van der Waals surface area contributed by atoms with Gasteiger partial charge >= 0.3 is 12.0 Å². The standard InChI is InChI=1S/C22H29N3O4/c1-4-11-23-20(26)14-17-10-12-25(15-16(17)5-2)22(28)24-19-9-7-8-18(13-19)21(27)29-6-3/h1,7-9,13,16-17H,5-6,10-12,14-15H2,2-3H3,(H,23,26)(H,24,28). The number of amides is 3. The Morgan fingerprint density at radius 2 is 2.07 bits per heavy atom. The predicted molar refractivity (Wildman–Crippen MR) is 111 cm³/mol. The van der Waals surface area contributed by atoms with E-state index in [1.165, 1.54) is 0 Å². The van der Waals surface area contributed by atoms with E-state index in [0.29, 0.717) is 37.4 Å². The number of urea groups is 1. The van der Waals surface area contributed by atoms with Crippen molar-refractivity contribution in [1.82, 2.24) is 10.2 Å². The van der Waals surface area contributed by atoms with Crippen LogP contribution in [-0.4, -0.2) is 49.0 Å². The highest BCUT2D eigenvalue weighted by molar-refractivity contribution is 5.94. The highest BCUT2D eigenvalue weighted by atomic mass is 16.5. The molecule has 1 saturated heterocycles. The van der Waals surface area contributed by atoms with Gasteiger partial charge in [-0.2, -0.15) is 0 Å². The van der Waals surface area contributed by atoms with Gasteiger partial charge in [0.25, 0.3) is 0 Å². The monoisotopic (exact) mass is 399 g/mol. The van der Waals surface area contributed by atoms with E-state index >= 15 is 0 Å². The first-order valence-electron chi connectivity index (χ1n) is 10.0. The van der Waals surface area contributed by atoms with Crippen LogP contribution in [0.3, 0.4) is 0 Å². The minimum atomic E-state index is -0.418. The Labute approximate surface area is 172 Å². The maximum atomic E-state index is 12.7. The summed E-state index contributed by atoms with van der Waals surface area (Å²) < 4.78 is 5.00. The van der Waals surface area contributed by atoms with Gasteiger partial charge in [-0.3, -0.25) is 4.79 Å². The van der Waals surface area contributed by atoms with E-state index in [1.807, 2.05) is 0 Å². The predicted octanol–water partition coefficient (Wildman–Crippen LogP) is 2.88. The van der Waals surface area contributed by atoms with E-state index in [-0.39, 0.29) is 30.3 Å². The Morgan fingerprint density at radius 1 is 1.28 bits per heavy atom. The zero-order chi connectivity index (χ0) is 21.2. The van der Waals surface area contributed by atoms with Gasteiger partial charge in [-0.1, -0.05) is 25.3 Å².